The van der Waals surface area contributed by atoms with Crippen LogP contribution in [0.2, 0.25) is 0 Å². The van der Waals surface area contributed by atoms with Gasteiger partial charge in [0.15, 0.2) is 11.5 Å². The summed E-state index contributed by atoms with van der Waals surface area (Å²) in [7, 11) is 1.59. The summed E-state index contributed by atoms with van der Waals surface area (Å²) in [6.07, 6.45) is 3.66. The predicted octanol–water partition coefficient (Wildman–Crippen LogP) is 3.09. The number of phenols is 1. The van der Waals surface area contributed by atoms with E-state index < -0.39 is 0 Å². The van der Waals surface area contributed by atoms with E-state index in [0.29, 0.717) is 16.0 Å². The van der Waals surface area contributed by atoms with Crippen molar-refractivity contribution in [3.05, 3.63) is 16.6 Å². The molecule has 1 aliphatic carbocycles. The second kappa shape index (κ2) is 4.31. The van der Waals surface area contributed by atoms with Gasteiger partial charge in [-0.2, -0.15) is 0 Å². The molecule has 1 aromatic rings. The summed E-state index contributed by atoms with van der Waals surface area (Å²) in [6, 6.07) is 3.30. The van der Waals surface area contributed by atoms with E-state index in [-0.39, 0.29) is 11.9 Å². The minimum atomic E-state index is 0.171. The Bertz CT molecular complexity index is 361. The lowest BCUT2D eigenvalue weighted by atomic mass is 9.96. The Morgan fingerprint density at radius 3 is 2.60 bits per heavy atom. The average Bonchev–Trinajstić information content (AvgIpc) is 2.16. The summed E-state index contributed by atoms with van der Waals surface area (Å²) < 4.78 is 11.5. The summed E-state index contributed by atoms with van der Waals surface area (Å²) in [5.41, 5.74) is 0. The highest BCUT2D eigenvalue weighted by Crippen LogP contribution is 2.39. The molecule has 0 amide bonds. The third-order valence-electron chi connectivity index (χ3n) is 2.58. The van der Waals surface area contributed by atoms with Crippen molar-refractivity contribution in [1.82, 2.24) is 0 Å². The largest absolute Gasteiger partial charge is 0.507 e. The van der Waals surface area contributed by atoms with Crippen LogP contribution >= 0.6 is 15.9 Å². The zero-order valence-corrected chi connectivity index (χ0v) is 10.1. The molecule has 1 saturated carbocycles. The van der Waals surface area contributed by atoms with Gasteiger partial charge in [0.1, 0.15) is 5.75 Å². The van der Waals surface area contributed by atoms with Crippen LogP contribution in [0, 0.1) is 0 Å². The first-order valence-electron chi connectivity index (χ1n) is 4.94. The number of hydrogen-bond donors (Lipinski definition) is 1. The second-order valence-corrected chi connectivity index (χ2v) is 4.48. The van der Waals surface area contributed by atoms with Crippen LogP contribution in [0.3, 0.4) is 0 Å². The number of halogens is 1. The summed E-state index contributed by atoms with van der Waals surface area (Å²) in [5.74, 6) is 1.43. The van der Waals surface area contributed by atoms with E-state index in [0.717, 1.165) is 12.8 Å². The van der Waals surface area contributed by atoms with Crippen molar-refractivity contribution in [2.45, 2.75) is 25.4 Å². The molecular weight excluding hydrogens is 260 g/mol. The smallest absolute Gasteiger partial charge is 0.165 e. The van der Waals surface area contributed by atoms with Crippen molar-refractivity contribution in [1.29, 1.82) is 0 Å². The highest BCUT2D eigenvalue weighted by molar-refractivity contribution is 9.10. The summed E-state index contributed by atoms with van der Waals surface area (Å²) in [5, 5.41) is 9.54. The van der Waals surface area contributed by atoms with Gasteiger partial charge in [0.25, 0.3) is 0 Å². The monoisotopic (exact) mass is 272 g/mol. The fourth-order valence-electron chi connectivity index (χ4n) is 1.44. The van der Waals surface area contributed by atoms with Crippen molar-refractivity contribution >= 4 is 15.9 Å². The number of aromatic hydroxyl groups is 1. The molecule has 1 aliphatic rings. The van der Waals surface area contributed by atoms with Gasteiger partial charge in [0.2, 0.25) is 0 Å². The maximum Gasteiger partial charge on any atom is 0.165 e. The van der Waals surface area contributed by atoms with Crippen LogP contribution in [0.1, 0.15) is 19.3 Å². The lowest BCUT2D eigenvalue weighted by Gasteiger charge is -2.27. The molecule has 0 radical (unpaired) electrons. The molecule has 4 heteroatoms. The molecule has 2 rings (SSSR count). The van der Waals surface area contributed by atoms with Crippen molar-refractivity contribution in [2.24, 2.45) is 0 Å². The van der Waals surface area contributed by atoms with Gasteiger partial charge in [-0.25, -0.2) is 0 Å². The van der Waals surface area contributed by atoms with Crippen LogP contribution in [0.5, 0.6) is 17.2 Å². The van der Waals surface area contributed by atoms with Gasteiger partial charge >= 0.3 is 0 Å². The van der Waals surface area contributed by atoms with E-state index in [9.17, 15) is 5.11 Å². The molecule has 0 heterocycles. The molecule has 0 aromatic heterocycles. The molecule has 0 spiro atoms. The number of benzene rings is 1. The minimum absolute atomic E-state index is 0.171. The summed E-state index contributed by atoms with van der Waals surface area (Å²) in [4.78, 5) is 0. The van der Waals surface area contributed by atoms with Crippen molar-refractivity contribution in [3.8, 4) is 17.2 Å². The molecule has 15 heavy (non-hydrogen) atoms. The van der Waals surface area contributed by atoms with Crippen LogP contribution in [0.4, 0.5) is 0 Å². The Labute approximate surface area is 97.1 Å². The van der Waals surface area contributed by atoms with E-state index in [1.807, 2.05) is 0 Å². The summed E-state index contributed by atoms with van der Waals surface area (Å²) in [6.45, 7) is 0. The average molecular weight is 273 g/mol. The van der Waals surface area contributed by atoms with E-state index >= 15 is 0 Å². The molecule has 0 saturated heterocycles. The number of methoxy groups -OCH3 is 1. The lowest BCUT2D eigenvalue weighted by molar-refractivity contribution is 0.115. The number of phenolic OH excluding ortho intramolecular Hbond substituents is 1. The Hall–Kier alpha value is -0.900. The molecule has 1 N–H and O–H groups in total. The normalized spacial score (nSPS) is 15.9. The number of ether oxygens (including phenoxy) is 2. The van der Waals surface area contributed by atoms with Crippen LogP contribution in [0.15, 0.2) is 16.6 Å². The highest BCUT2D eigenvalue weighted by Gasteiger charge is 2.21. The Morgan fingerprint density at radius 2 is 2.07 bits per heavy atom. The van der Waals surface area contributed by atoms with Gasteiger partial charge in [-0.05, 0) is 35.2 Å². The Morgan fingerprint density at radius 1 is 1.33 bits per heavy atom. The molecule has 1 aromatic carbocycles. The standard InChI is InChI=1S/C11H13BrO3/c1-14-10-5-8(12)9(13)6-11(10)15-7-3-2-4-7/h5-7,13H,2-4H2,1H3. The van der Waals surface area contributed by atoms with Gasteiger partial charge in [-0.15, -0.1) is 0 Å². The van der Waals surface area contributed by atoms with Gasteiger partial charge in [-0.1, -0.05) is 0 Å². The maximum absolute atomic E-state index is 9.54. The molecule has 0 unspecified atom stereocenters. The zero-order chi connectivity index (χ0) is 10.8. The van der Waals surface area contributed by atoms with Crippen LogP contribution in [-0.4, -0.2) is 18.3 Å². The van der Waals surface area contributed by atoms with Gasteiger partial charge in [-0.3, -0.25) is 0 Å². The molecular formula is C11H13BrO3. The van der Waals surface area contributed by atoms with E-state index in [1.165, 1.54) is 6.42 Å². The lowest BCUT2D eigenvalue weighted by Crippen LogP contribution is -2.24. The molecule has 0 atom stereocenters. The fraction of sp³-hybridized carbons (Fsp3) is 0.455. The predicted molar refractivity (Wildman–Crippen MR) is 60.6 cm³/mol. The molecule has 1 fully saturated rings. The third kappa shape index (κ3) is 2.20. The van der Waals surface area contributed by atoms with Gasteiger partial charge < -0.3 is 14.6 Å². The highest BCUT2D eigenvalue weighted by atomic mass is 79.9. The molecule has 3 nitrogen and oxygen atoms in total. The first-order chi connectivity index (χ1) is 7.20. The number of rotatable bonds is 3. The van der Waals surface area contributed by atoms with Crippen LogP contribution in [-0.2, 0) is 0 Å². The number of hydrogen-bond acceptors (Lipinski definition) is 3. The van der Waals surface area contributed by atoms with Crippen molar-refractivity contribution in [2.75, 3.05) is 7.11 Å². The van der Waals surface area contributed by atoms with Gasteiger partial charge in [0, 0.05) is 12.1 Å². The zero-order valence-electron chi connectivity index (χ0n) is 8.50. The quantitative estimate of drug-likeness (QED) is 0.919. The van der Waals surface area contributed by atoms with Crippen LogP contribution in [0.25, 0.3) is 0 Å². The van der Waals surface area contributed by atoms with Gasteiger partial charge in [0.05, 0.1) is 17.7 Å². The molecule has 0 aliphatic heterocycles. The topological polar surface area (TPSA) is 38.7 Å². The first kappa shape index (κ1) is 10.6. The maximum atomic E-state index is 9.54. The van der Waals surface area contributed by atoms with Crippen LogP contribution < -0.4 is 9.47 Å². The molecule has 82 valence electrons. The van der Waals surface area contributed by atoms with Crippen molar-refractivity contribution in [3.63, 3.8) is 0 Å². The SMILES string of the molecule is COc1cc(Br)c(O)cc1OC1CCC1. The summed E-state index contributed by atoms with van der Waals surface area (Å²) >= 11 is 3.23. The molecule has 0 bridgehead atoms. The fourth-order valence-corrected chi connectivity index (χ4v) is 1.77. The van der Waals surface area contributed by atoms with E-state index in [4.69, 9.17) is 9.47 Å². The van der Waals surface area contributed by atoms with Crippen molar-refractivity contribution < 1.29 is 14.6 Å². The van der Waals surface area contributed by atoms with E-state index in [1.54, 1.807) is 19.2 Å². The Balaban J connectivity index is 2.23. The minimum Gasteiger partial charge on any atom is -0.507 e. The Kier molecular flexibility index (Phi) is 3.05. The third-order valence-corrected chi connectivity index (χ3v) is 3.21. The van der Waals surface area contributed by atoms with E-state index in [2.05, 4.69) is 15.9 Å². The second-order valence-electron chi connectivity index (χ2n) is 3.63. The first-order valence-corrected chi connectivity index (χ1v) is 5.73.